The molecule has 0 bridgehead atoms. The summed E-state index contributed by atoms with van der Waals surface area (Å²) in [6, 6.07) is 6.03. The summed E-state index contributed by atoms with van der Waals surface area (Å²) in [5.74, 6) is 0.686. The molecule has 2 heterocycles. The molecule has 0 amide bonds. The van der Waals surface area contributed by atoms with E-state index in [1.807, 2.05) is 30.1 Å². The minimum Gasteiger partial charge on any atom is -0.336 e. The summed E-state index contributed by atoms with van der Waals surface area (Å²) in [6.07, 6.45) is 5.27. The fraction of sp³-hybridized carbons (Fsp3) is 0.250. The van der Waals surface area contributed by atoms with Gasteiger partial charge in [-0.2, -0.15) is 0 Å². The third-order valence-electron chi connectivity index (χ3n) is 2.62. The molecule has 1 atom stereocenters. The molecule has 0 unspecified atom stereocenters. The van der Waals surface area contributed by atoms with Gasteiger partial charge in [-0.25, -0.2) is 9.97 Å². The number of hydrogen-bond acceptors (Lipinski definition) is 4. The summed E-state index contributed by atoms with van der Waals surface area (Å²) in [7, 11) is 1.96. The van der Waals surface area contributed by atoms with Gasteiger partial charge in [-0.05, 0) is 35.0 Å². The highest BCUT2D eigenvalue weighted by atomic mass is 79.9. The molecule has 17 heavy (non-hydrogen) atoms. The van der Waals surface area contributed by atoms with Crippen molar-refractivity contribution in [2.75, 3.05) is 11.9 Å². The third-order valence-corrected chi connectivity index (χ3v) is 3.03. The Balaban J connectivity index is 2.20. The normalized spacial score (nSPS) is 12.2. The summed E-state index contributed by atoms with van der Waals surface area (Å²) < 4.78 is 0.875. The van der Waals surface area contributed by atoms with Crippen molar-refractivity contribution in [2.24, 2.45) is 0 Å². The summed E-state index contributed by atoms with van der Waals surface area (Å²) in [4.78, 5) is 14.9. The minimum absolute atomic E-state index is 0.136. The standard InChI is InChI=1S/C12H13BrN4/c1-9(11-5-3-4-6-14-11)17(2)12-15-7-10(13)8-16-12/h3-9H,1-2H3/t9-/m1/s1. The zero-order chi connectivity index (χ0) is 12.3. The van der Waals surface area contributed by atoms with Crippen LogP contribution in [0.1, 0.15) is 18.7 Å². The van der Waals surface area contributed by atoms with Crippen molar-refractivity contribution in [1.82, 2.24) is 15.0 Å². The second-order valence-electron chi connectivity index (χ2n) is 3.74. The number of rotatable bonds is 3. The van der Waals surface area contributed by atoms with Crippen LogP contribution in [0.25, 0.3) is 0 Å². The second-order valence-corrected chi connectivity index (χ2v) is 4.66. The van der Waals surface area contributed by atoms with Gasteiger partial charge in [0.05, 0.1) is 16.2 Å². The molecule has 4 nitrogen and oxygen atoms in total. The molecule has 88 valence electrons. The first-order valence-electron chi connectivity index (χ1n) is 5.30. The van der Waals surface area contributed by atoms with E-state index >= 15 is 0 Å². The first-order valence-corrected chi connectivity index (χ1v) is 6.09. The maximum absolute atomic E-state index is 4.34. The van der Waals surface area contributed by atoms with Gasteiger partial charge in [-0.15, -0.1) is 0 Å². The van der Waals surface area contributed by atoms with Gasteiger partial charge in [-0.1, -0.05) is 6.07 Å². The lowest BCUT2D eigenvalue weighted by Gasteiger charge is -2.24. The second kappa shape index (κ2) is 5.23. The van der Waals surface area contributed by atoms with Crippen LogP contribution < -0.4 is 4.90 Å². The predicted octanol–water partition coefficient (Wildman–Crippen LogP) is 2.83. The Labute approximate surface area is 109 Å². The van der Waals surface area contributed by atoms with Gasteiger partial charge in [0.2, 0.25) is 5.95 Å². The summed E-state index contributed by atoms with van der Waals surface area (Å²) in [5, 5.41) is 0. The molecule has 2 rings (SSSR count). The maximum Gasteiger partial charge on any atom is 0.225 e. The molecule has 0 radical (unpaired) electrons. The fourth-order valence-corrected chi connectivity index (χ4v) is 1.69. The van der Waals surface area contributed by atoms with Crippen LogP contribution in [-0.2, 0) is 0 Å². The molecular formula is C12H13BrN4. The Bertz CT molecular complexity index is 472. The van der Waals surface area contributed by atoms with Crippen molar-refractivity contribution >= 4 is 21.9 Å². The number of anilines is 1. The SMILES string of the molecule is C[C@H](c1ccccn1)N(C)c1ncc(Br)cn1. The average Bonchev–Trinajstić information content (AvgIpc) is 2.39. The van der Waals surface area contributed by atoms with E-state index in [-0.39, 0.29) is 6.04 Å². The number of hydrogen-bond donors (Lipinski definition) is 0. The number of halogens is 1. The van der Waals surface area contributed by atoms with E-state index in [4.69, 9.17) is 0 Å². The molecule has 0 aliphatic heterocycles. The first-order chi connectivity index (χ1) is 8.18. The highest BCUT2D eigenvalue weighted by Gasteiger charge is 2.14. The zero-order valence-corrected chi connectivity index (χ0v) is 11.3. The van der Waals surface area contributed by atoms with Crippen molar-refractivity contribution in [1.29, 1.82) is 0 Å². The molecule has 2 aromatic rings. The number of nitrogens with zero attached hydrogens (tertiary/aromatic N) is 4. The van der Waals surface area contributed by atoms with Gasteiger partial charge in [0, 0.05) is 25.6 Å². The lowest BCUT2D eigenvalue weighted by molar-refractivity contribution is 0.693. The highest BCUT2D eigenvalue weighted by Crippen LogP contribution is 2.20. The van der Waals surface area contributed by atoms with Crippen LogP contribution in [0.5, 0.6) is 0 Å². The van der Waals surface area contributed by atoms with Gasteiger partial charge >= 0.3 is 0 Å². The van der Waals surface area contributed by atoms with E-state index in [0.717, 1.165) is 10.2 Å². The molecule has 0 fully saturated rings. The van der Waals surface area contributed by atoms with E-state index in [0.29, 0.717) is 5.95 Å². The first kappa shape index (κ1) is 12.0. The van der Waals surface area contributed by atoms with E-state index in [1.165, 1.54) is 0 Å². The van der Waals surface area contributed by atoms with Crippen LogP contribution in [-0.4, -0.2) is 22.0 Å². The van der Waals surface area contributed by atoms with Crippen molar-refractivity contribution < 1.29 is 0 Å². The van der Waals surface area contributed by atoms with Crippen LogP contribution in [0.4, 0.5) is 5.95 Å². The predicted molar refractivity (Wildman–Crippen MR) is 70.8 cm³/mol. The number of aromatic nitrogens is 3. The van der Waals surface area contributed by atoms with Crippen molar-refractivity contribution in [3.8, 4) is 0 Å². The topological polar surface area (TPSA) is 41.9 Å². The maximum atomic E-state index is 4.34. The number of pyridine rings is 1. The van der Waals surface area contributed by atoms with Crippen LogP contribution in [0.2, 0.25) is 0 Å². The van der Waals surface area contributed by atoms with Gasteiger partial charge in [0.25, 0.3) is 0 Å². The van der Waals surface area contributed by atoms with E-state index < -0.39 is 0 Å². The van der Waals surface area contributed by atoms with Crippen molar-refractivity contribution in [3.63, 3.8) is 0 Å². The van der Waals surface area contributed by atoms with Crippen LogP contribution >= 0.6 is 15.9 Å². The zero-order valence-electron chi connectivity index (χ0n) is 9.71. The highest BCUT2D eigenvalue weighted by molar-refractivity contribution is 9.10. The lowest BCUT2D eigenvalue weighted by Crippen LogP contribution is -2.24. The molecule has 0 aliphatic rings. The summed E-state index contributed by atoms with van der Waals surface area (Å²) in [5.41, 5.74) is 1.00. The Morgan fingerprint density at radius 3 is 2.47 bits per heavy atom. The molecule has 0 spiro atoms. The van der Waals surface area contributed by atoms with Gasteiger partial charge in [-0.3, -0.25) is 4.98 Å². The Morgan fingerprint density at radius 1 is 1.18 bits per heavy atom. The fourth-order valence-electron chi connectivity index (χ4n) is 1.48. The molecule has 5 heteroatoms. The van der Waals surface area contributed by atoms with Crippen molar-refractivity contribution in [2.45, 2.75) is 13.0 Å². The Kier molecular flexibility index (Phi) is 3.68. The molecule has 0 aliphatic carbocycles. The Hall–Kier alpha value is -1.49. The quantitative estimate of drug-likeness (QED) is 0.872. The van der Waals surface area contributed by atoms with Gasteiger partial charge < -0.3 is 4.90 Å². The molecule has 0 saturated carbocycles. The lowest BCUT2D eigenvalue weighted by atomic mass is 10.2. The van der Waals surface area contributed by atoms with Crippen molar-refractivity contribution in [3.05, 3.63) is 47.0 Å². The van der Waals surface area contributed by atoms with E-state index in [9.17, 15) is 0 Å². The van der Waals surface area contributed by atoms with Crippen LogP contribution in [0.3, 0.4) is 0 Å². The van der Waals surface area contributed by atoms with Gasteiger partial charge in [0.15, 0.2) is 0 Å². The molecule has 0 aromatic carbocycles. The molecular weight excluding hydrogens is 280 g/mol. The minimum atomic E-state index is 0.136. The van der Waals surface area contributed by atoms with Gasteiger partial charge in [0.1, 0.15) is 0 Å². The van der Waals surface area contributed by atoms with Crippen LogP contribution in [0.15, 0.2) is 41.3 Å². The molecule has 2 aromatic heterocycles. The largest absolute Gasteiger partial charge is 0.336 e. The monoisotopic (exact) mass is 292 g/mol. The average molecular weight is 293 g/mol. The molecule has 0 N–H and O–H groups in total. The summed E-state index contributed by atoms with van der Waals surface area (Å²) >= 11 is 3.32. The summed E-state index contributed by atoms with van der Waals surface area (Å²) in [6.45, 7) is 2.08. The van der Waals surface area contributed by atoms with Crippen LogP contribution in [0, 0.1) is 0 Å². The van der Waals surface area contributed by atoms with E-state index in [2.05, 4.69) is 37.8 Å². The smallest absolute Gasteiger partial charge is 0.225 e. The van der Waals surface area contributed by atoms with E-state index in [1.54, 1.807) is 18.6 Å². The Morgan fingerprint density at radius 2 is 1.88 bits per heavy atom. The molecule has 0 saturated heterocycles. The third kappa shape index (κ3) is 2.79.